The Labute approximate surface area is 113 Å². The van der Waals surface area contributed by atoms with Gasteiger partial charge in [0, 0.05) is 34.0 Å². The van der Waals surface area contributed by atoms with E-state index in [9.17, 15) is 4.79 Å². The number of aromatic amines is 1. The van der Waals surface area contributed by atoms with E-state index in [0.29, 0.717) is 12.3 Å². The second-order valence-corrected chi connectivity index (χ2v) is 6.01. The molecule has 18 heavy (non-hydrogen) atoms. The van der Waals surface area contributed by atoms with Crippen molar-refractivity contribution in [1.29, 1.82) is 0 Å². The first-order chi connectivity index (χ1) is 8.74. The van der Waals surface area contributed by atoms with Crippen LogP contribution in [0.15, 0.2) is 22.7 Å². The molecule has 0 spiro atoms. The molecule has 1 aromatic carbocycles. The molecule has 0 bridgehead atoms. The molecule has 92 valence electrons. The third kappa shape index (κ3) is 1.32. The van der Waals surface area contributed by atoms with Crippen LogP contribution in [0.25, 0.3) is 10.9 Å². The lowest BCUT2D eigenvalue weighted by Gasteiger charge is -2.29. The molecule has 2 aliphatic rings. The molecule has 0 unspecified atom stereocenters. The second kappa shape index (κ2) is 3.60. The van der Waals surface area contributed by atoms with Crippen molar-refractivity contribution in [1.82, 2.24) is 9.88 Å². The lowest BCUT2D eigenvalue weighted by molar-refractivity contribution is -0.129. The summed E-state index contributed by atoms with van der Waals surface area (Å²) in [4.78, 5) is 17.3. The number of benzene rings is 1. The zero-order chi connectivity index (χ0) is 12.3. The van der Waals surface area contributed by atoms with Gasteiger partial charge in [-0.25, -0.2) is 0 Å². The van der Waals surface area contributed by atoms with Gasteiger partial charge in [0.05, 0.1) is 6.04 Å². The minimum atomic E-state index is 0.285. The zero-order valence-electron chi connectivity index (χ0n) is 9.87. The van der Waals surface area contributed by atoms with Gasteiger partial charge >= 0.3 is 0 Å². The van der Waals surface area contributed by atoms with Crippen LogP contribution in [0.4, 0.5) is 0 Å². The lowest BCUT2D eigenvalue weighted by Crippen LogP contribution is -2.33. The Bertz CT molecular complexity index is 661. The van der Waals surface area contributed by atoms with E-state index in [1.54, 1.807) is 0 Å². The zero-order valence-corrected chi connectivity index (χ0v) is 11.5. The summed E-state index contributed by atoms with van der Waals surface area (Å²) in [5.74, 6) is 0.311. The molecule has 1 amide bonds. The van der Waals surface area contributed by atoms with Gasteiger partial charge in [-0.15, -0.1) is 0 Å². The first kappa shape index (κ1) is 10.6. The number of carbonyl (C=O) groups is 1. The van der Waals surface area contributed by atoms with Crippen molar-refractivity contribution in [3.8, 4) is 0 Å². The number of carbonyl (C=O) groups excluding carboxylic acids is 1. The van der Waals surface area contributed by atoms with Crippen LogP contribution in [0.1, 0.15) is 30.1 Å². The highest BCUT2D eigenvalue weighted by Crippen LogP contribution is 2.41. The number of hydrogen-bond donors (Lipinski definition) is 1. The summed E-state index contributed by atoms with van der Waals surface area (Å²) in [6.45, 7) is 0.871. The van der Waals surface area contributed by atoms with E-state index >= 15 is 0 Å². The molecule has 1 saturated heterocycles. The van der Waals surface area contributed by atoms with Crippen molar-refractivity contribution in [2.75, 3.05) is 6.54 Å². The SMILES string of the molecule is O=C1CC[C@@H]2c3[nH]c4ccc(Br)cc4c3CCN12. The van der Waals surface area contributed by atoms with Crippen LogP contribution < -0.4 is 0 Å². The molecule has 0 aliphatic carbocycles. The van der Waals surface area contributed by atoms with Crippen LogP contribution >= 0.6 is 15.9 Å². The molecule has 1 fully saturated rings. The van der Waals surface area contributed by atoms with E-state index in [4.69, 9.17) is 0 Å². The van der Waals surface area contributed by atoms with Gasteiger partial charge in [0.25, 0.3) is 0 Å². The molecule has 1 atom stereocenters. The second-order valence-electron chi connectivity index (χ2n) is 5.10. The van der Waals surface area contributed by atoms with E-state index in [2.05, 4.69) is 39.1 Å². The summed E-state index contributed by atoms with van der Waals surface area (Å²) >= 11 is 3.53. The number of rotatable bonds is 0. The fraction of sp³-hybridized carbons (Fsp3) is 0.357. The van der Waals surface area contributed by atoms with Crippen LogP contribution in [-0.2, 0) is 11.2 Å². The number of nitrogens with zero attached hydrogens (tertiary/aromatic N) is 1. The quantitative estimate of drug-likeness (QED) is 0.797. The molecule has 3 heterocycles. The minimum Gasteiger partial charge on any atom is -0.356 e. The van der Waals surface area contributed by atoms with Crippen molar-refractivity contribution in [2.45, 2.75) is 25.3 Å². The molecule has 0 radical (unpaired) electrons. The first-order valence-electron chi connectivity index (χ1n) is 6.33. The highest BCUT2D eigenvalue weighted by molar-refractivity contribution is 9.10. The van der Waals surface area contributed by atoms with Crippen LogP contribution in [0.3, 0.4) is 0 Å². The van der Waals surface area contributed by atoms with E-state index in [0.717, 1.165) is 23.9 Å². The fourth-order valence-electron chi connectivity index (χ4n) is 3.34. The van der Waals surface area contributed by atoms with Gasteiger partial charge in [-0.3, -0.25) is 4.79 Å². The largest absolute Gasteiger partial charge is 0.356 e. The minimum absolute atomic E-state index is 0.285. The number of nitrogens with one attached hydrogen (secondary N) is 1. The molecule has 4 rings (SSSR count). The summed E-state index contributed by atoms with van der Waals surface area (Å²) in [5, 5.41) is 1.30. The maximum absolute atomic E-state index is 11.8. The monoisotopic (exact) mass is 304 g/mol. The van der Waals surface area contributed by atoms with Crippen LogP contribution in [-0.4, -0.2) is 22.3 Å². The summed E-state index contributed by atoms with van der Waals surface area (Å²) in [6, 6.07) is 6.63. The number of aromatic nitrogens is 1. The third-order valence-corrected chi connectivity index (χ3v) is 4.66. The van der Waals surface area contributed by atoms with E-state index in [1.165, 1.54) is 22.2 Å². The summed E-state index contributed by atoms with van der Waals surface area (Å²) in [7, 11) is 0. The van der Waals surface area contributed by atoms with Gasteiger partial charge in [0.15, 0.2) is 0 Å². The average Bonchev–Trinajstić information content (AvgIpc) is 2.90. The van der Waals surface area contributed by atoms with Gasteiger partial charge in [-0.2, -0.15) is 0 Å². The smallest absolute Gasteiger partial charge is 0.223 e. The number of fused-ring (bicyclic) bond motifs is 5. The van der Waals surface area contributed by atoms with E-state index in [1.807, 2.05) is 4.90 Å². The Morgan fingerprint density at radius 3 is 3.11 bits per heavy atom. The van der Waals surface area contributed by atoms with Crippen molar-refractivity contribution in [2.24, 2.45) is 0 Å². The van der Waals surface area contributed by atoms with Crippen molar-refractivity contribution in [3.05, 3.63) is 33.9 Å². The predicted octanol–water partition coefficient (Wildman–Crippen LogP) is 3.15. The predicted molar refractivity (Wildman–Crippen MR) is 73.4 cm³/mol. The lowest BCUT2D eigenvalue weighted by atomic mass is 9.98. The Balaban J connectivity index is 1.94. The highest BCUT2D eigenvalue weighted by Gasteiger charge is 2.37. The van der Waals surface area contributed by atoms with Gasteiger partial charge in [0.2, 0.25) is 5.91 Å². The van der Waals surface area contributed by atoms with Crippen molar-refractivity contribution >= 4 is 32.7 Å². The molecule has 0 saturated carbocycles. The summed E-state index contributed by atoms with van der Waals surface area (Å²) < 4.78 is 1.11. The van der Waals surface area contributed by atoms with Crippen LogP contribution in [0.5, 0.6) is 0 Å². The fourth-order valence-corrected chi connectivity index (χ4v) is 3.70. The maximum atomic E-state index is 11.8. The maximum Gasteiger partial charge on any atom is 0.223 e. The number of H-pyrrole nitrogens is 1. The highest BCUT2D eigenvalue weighted by atomic mass is 79.9. The topological polar surface area (TPSA) is 36.1 Å². The van der Waals surface area contributed by atoms with Gasteiger partial charge in [-0.1, -0.05) is 15.9 Å². The molecule has 3 nitrogen and oxygen atoms in total. The standard InChI is InChI=1S/C14H13BrN2O/c15-8-1-2-11-10(7-8)9-5-6-17-12(14(9)16-11)3-4-13(17)18/h1-2,7,12,16H,3-6H2/t12-/m1/s1. The number of amides is 1. The Morgan fingerprint density at radius 1 is 1.33 bits per heavy atom. The third-order valence-electron chi connectivity index (χ3n) is 4.17. The summed E-state index contributed by atoms with van der Waals surface area (Å²) in [6.07, 6.45) is 2.62. The molecular weight excluding hydrogens is 292 g/mol. The van der Waals surface area contributed by atoms with Gasteiger partial charge in [-0.05, 0) is 36.6 Å². The molecule has 2 aliphatic heterocycles. The molecule has 1 aromatic heterocycles. The van der Waals surface area contributed by atoms with Crippen molar-refractivity contribution < 1.29 is 4.79 Å². The molecule has 2 aromatic rings. The number of halogens is 1. The average molecular weight is 305 g/mol. The molecular formula is C14H13BrN2O. The first-order valence-corrected chi connectivity index (χ1v) is 7.13. The van der Waals surface area contributed by atoms with Crippen LogP contribution in [0, 0.1) is 0 Å². The van der Waals surface area contributed by atoms with Gasteiger partial charge < -0.3 is 9.88 Å². The molecule has 1 N–H and O–H groups in total. The Hall–Kier alpha value is -1.29. The molecule has 4 heteroatoms. The van der Waals surface area contributed by atoms with Crippen molar-refractivity contribution in [3.63, 3.8) is 0 Å². The Kier molecular flexibility index (Phi) is 2.13. The Morgan fingerprint density at radius 2 is 2.22 bits per heavy atom. The number of hydrogen-bond acceptors (Lipinski definition) is 1. The normalized spacial score (nSPS) is 22.4. The van der Waals surface area contributed by atoms with E-state index in [-0.39, 0.29) is 6.04 Å². The van der Waals surface area contributed by atoms with E-state index < -0.39 is 0 Å². The summed E-state index contributed by atoms with van der Waals surface area (Å²) in [5.41, 5.74) is 3.85. The van der Waals surface area contributed by atoms with Crippen LogP contribution in [0.2, 0.25) is 0 Å². The van der Waals surface area contributed by atoms with Gasteiger partial charge in [0.1, 0.15) is 0 Å².